The van der Waals surface area contributed by atoms with Crippen molar-refractivity contribution >= 4 is 15.9 Å². The molecule has 1 aliphatic rings. The SMILES string of the molecule is CC1COC(CO)CN1Cc1cc(F)ccc1Br. The van der Waals surface area contributed by atoms with Crippen molar-refractivity contribution in [3.8, 4) is 0 Å². The summed E-state index contributed by atoms with van der Waals surface area (Å²) in [7, 11) is 0. The number of morpholine rings is 1. The lowest BCUT2D eigenvalue weighted by Crippen LogP contribution is -2.48. The third kappa shape index (κ3) is 3.29. The Morgan fingerprint density at radius 3 is 3.06 bits per heavy atom. The van der Waals surface area contributed by atoms with Gasteiger partial charge < -0.3 is 9.84 Å². The predicted molar refractivity (Wildman–Crippen MR) is 70.8 cm³/mol. The highest BCUT2D eigenvalue weighted by Gasteiger charge is 2.26. The maximum atomic E-state index is 13.2. The second-order valence-electron chi connectivity index (χ2n) is 4.65. The van der Waals surface area contributed by atoms with Gasteiger partial charge in [-0.25, -0.2) is 4.39 Å². The highest BCUT2D eigenvalue weighted by atomic mass is 79.9. The molecule has 3 nitrogen and oxygen atoms in total. The van der Waals surface area contributed by atoms with Gasteiger partial charge in [0, 0.05) is 23.6 Å². The Hall–Kier alpha value is -0.490. The van der Waals surface area contributed by atoms with Crippen molar-refractivity contribution in [2.75, 3.05) is 19.8 Å². The molecule has 0 bridgehead atoms. The number of aliphatic hydroxyl groups is 1. The van der Waals surface area contributed by atoms with Gasteiger partial charge in [0.05, 0.1) is 19.3 Å². The minimum atomic E-state index is -0.229. The molecular formula is C13H17BrFNO2. The minimum Gasteiger partial charge on any atom is -0.394 e. The first-order valence-corrected chi connectivity index (χ1v) is 6.80. The summed E-state index contributed by atoms with van der Waals surface area (Å²) in [5.74, 6) is -0.229. The second-order valence-corrected chi connectivity index (χ2v) is 5.51. The fourth-order valence-electron chi connectivity index (χ4n) is 2.09. The van der Waals surface area contributed by atoms with Crippen LogP contribution in [0.4, 0.5) is 4.39 Å². The van der Waals surface area contributed by atoms with Crippen molar-refractivity contribution in [1.82, 2.24) is 4.90 Å². The number of rotatable bonds is 3. The molecule has 0 aromatic heterocycles. The molecule has 2 atom stereocenters. The van der Waals surface area contributed by atoms with E-state index in [2.05, 4.69) is 27.8 Å². The van der Waals surface area contributed by atoms with E-state index in [-0.39, 0.29) is 24.6 Å². The van der Waals surface area contributed by atoms with Crippen LogP contribution in [0.3, 0.4) is 0 Å². The zero-order chi connectivity index (χ0) is 13.1. The first-order chi connectivity index (χ1) is 8.60. The Morgan fingerprint density at radius 1 is 1.56 bits per heavy atom. The topological polar surface area (TPSA) is 32.7 Å². The smallest absolute Gasteiger partial charge is 0.123 e. The third-order valence-corrected chi connectivity index (χ3v) is 3.99. The van der Waals surface area contributed by atoms with Crippen LogP contribution in [-0.4, -0.2) is 41.9 Å². The molecule has 1 saturated heterocycles. The summed E-state index contributed by atoms with van der Waals surface area (Å²) in [5, 5.41) is 9.14. The quantitative estimate of drug-likeness (QED) is 0.927. The third-order valence-electron chi connectivity index (χ3n) is 3.22. The Balaban J connectivity index is 2.09. The zero-order valence-electron chi connectivity index (χ0n) is 10.3. The molecule has 1 heterocycles. The molecule has 0 aliphatic carbocycles. The molecule has 18 heavy (non-hydrogen) atoms. The Bertz CT molecular complexity index is 416. The highest BCUT2D eigenvalue weighted by molar-refractivity contribution is 9.10. The lowest BCUT2D eigenvalue weighted by molar-refractivity contribution is -0.0806. The molecular weight excluding hydrogens is 301 g/mol. The van der Waals surface area contributed by atoms with Gasteiger partial charge in [-0.15, -0.1) is 0 Å². The van der Waals surface area contributed by atoms with E-state index in [4.69, 9.17) is 9.84 Å². The summed E-state index contributed by atoms with van der Waals surface area (Å²) < 4.78 is 19.6. The van der Waals surface area contributed by atoms with E-state index < -0.39 is 0 Å². The second kappa shape index (κ2) is 6.10. The fraction of sp³-hybridized carbons (Fsp3) is 0.538. The summed E-state index contributed by atoms with van der Waals surface area (Å²) in [6, 6.07) is 4.97. The number of hydrogen-bond acceptors (Lipinski definition) is 3. The minimum absolute atomic E-state index is 0.0214. The van der Waals surface area contributed by atoms with Crippen LogP contribution in [-0.2, 0) is 11.3 Å². The van der Waals surface area contributed by atoms with Crippen molar-refractivity contribution in [3.05, 3.63) is 34.1 Å². The van der Waals surface area contributed by atoms with Gasteiger partial charge >= 0.3 is 0 Å². The van der Waals surface area contributed by atoms with Crippen LogP contribution in [0.2, 0.25) is 0 Å². The normalized spacial score (nSPS) is 25.3. The number of nitrogens with zero attached hydrogens (tertiary/aromatic N) is 1. The fourth-order valence-corrected chi connectivity index (χ4v) is 2.46. The van der Waals surface area contributed by atoms with Crippen LogP contribution < -0.4 is 0 Å². The van der Waals surface area contributed by atoms with Crippen molar-refractivity contribution < 1.29 is 14.2 Å². The van der Waals surface area contributed by atoms with Crippen molar-refractivity contribution in [3.63, 3.8) is 0 Å². The van der Waals surface area contributed by atoms with Crippen molar-refractivity contribution in [2.45, 2.75) is 25.6 Å². The van der Waals surface area contributed by atoms with E-state index in [1.807, 2.05) is 0 Å². The Morgan fingerprint density at radius 2 is 2.33 bits per heavy atom. The maximum Gasteiger partial charge on any atom is 0.123 e. The molecule has 2 rings (SSSR count). The molecule has 1 aliphatic heterocycles. The van der Waals surface area contributed by atoms with Gasteiger partial charge in [-0.1, -0.05) is 15.9 Å². The molecule has 1 fully saturated rings. The monoisotopic (exact) mass is 317 g/mol. The first-order valence-electron chi connectivity index (χ1n) is 6.00. The van der Waals surface area contributed by atoms with Gasteiger partial charge in [-0.05, 0) is 30.7 Å². The summed E-state index contributed by atoms with van der Waals surface area (Å²) in [6.45, 7) is 4.01. The summed E-state index contributed by atoms with van der Waals surface area (Å²) in [5.41, 5.74) is 0.917. The molecule has 0 radical (unpaired) electrons. The average molecular weight is 318 g/mol. The molecule has 1 aromatic rings. The molecule has 0 amide bonds. The summed E-state index contributed by atoms with van der Waals surface area (Å²) in [4.78, 5) is 2.20. The van der Waals surface area contributed by atoms with Crippen LogP contribution in [0.5, 0.6) is 0 Å². The van der Waals surface area contributed by atoms with Crippen LogP contribution >= 0.6 is 15.9 Å². The Kier molecular flexibility index (Phi) is 4.72. The average Bonchev–Trinajstić information content (AvgIpc) is 2.36. The van der Waals surface area contributed by atoms with Gasteiger partial charge in [0.1, 0.15) is 5.82 Å². The largest absolute Gasteiger partial charge is 0.394 e. The standard InChI is InChI=1S/C13H17BrFNO2/c1-9-8-18-12(7-17)6-16(9)5-10-4-11(15)2-3-13(10)14/h2-4,9,12,17H,5-8H2,1H3. The van der Waals surface area contributed by atoms with Gasteiger partial charge in [0.25, 0.3) is 0 Å². The molecule has 5 heteroatoms. The number of halogens is 2. The maximum absolute atomic E-state index is 13.2. The summed E-state index contributed by atoms with van der Waals surface area (Å²) >= 11 is 3.44. The first kappa shape index (κ1) is 13.9. The molecule has 0 saturated carbocycles. The molecule has 1 N–H and O–H groups in total. The van der Waals surface area contributed by atoms with Crippen molar-refractivity contribution in [2.24, 2.45) is 0 Å². The lowest BCUT2D eigenvalue weighted by atomic mass is 10.1. The number of aliphatic hydroxyl groups excluding tert-OH is 1. The molecule has 0 spiro atoms. The van der Waals surface area contributed by atoms with E-state index in [1.54, 1.807) is 12.1 Å². The highest BCUT2D eigenvalue weighted by Crippen LogP contribution is 2.22. The van der Waals surface area contributed by atoms with Gasteiger partial charge in [-0.2, -0.15) is 0 Å². The number of ether oxygens (including phenoxy) is 1. The lowest BCUT2D eigenvalue weighted by Gasteiger charge is -2.37. The predicted octanol–water partition coefficient (Wildman–Crippen LogP) is 2.17. The van der Waals surface area contributed by atoms with Gasteiger partial charge in [0.2, 0.25) is 0 Å². The molecule has 100 valence electrons. The zero-order valence-corrected chi connectivity index (χ0v) is 11.9. The summed E-state index contributed by atoms with van der Waals surface area (Å²) in [6.07, 6.45) is -0.145. The van der Waals surface area contributed by atoms with Gasteiger partial charge in [-0.3, -0.25) is 4.90 Å². The van der Waals surface area contributed by atoms with Gasteiger partial charge in [0.15, 0.2) is 0 Å². The Labute approximate surface area is 115 Å². The number of hydrogen-bond donors (Lipinski definition) is 1. The van der Waals surface area contributed by atoms with E-state index in [1.165, 1.54) is 6.07 Å². The van der Waals surface area contributed by atoms with E-state index in [9.17, 15) is 4.39 Å². The van der Waals surface area contributed by atoms with E-state index in [0.29, 0.717) is 19.7 Å². The molecule has 1 aromatic carbocycles. The van der Waals surface area contributed by atoms with Crippen LogP contribution in [0, 0.1) is 5.82 Å². The van der Waals surface area contributed by atoms with Crippen LogP contribution in [0.15, 0.2) is 22.7 Å². The van der Waals surface area contributed by atoms with E-state index >= 15 is 0 Å². The van der Waals surface area contributed by atoms with Crippen LogP contribution in [0.25, 0.3) is 0 Å². The molecule has 2 unspecified atom stereocenters. The van der Waals surface area contributed by atoms with Crippen molar-refractivity contribution in [1.29, 1.82) is 0 Å². The number of benzene rings is 1. The van der Waals surface area contributed by atoms with Crippen LogP contribution in [0.1, 0.15) is 12.5 Å². The van der Waals surface area contributed by atoms with E-state index in [0.717, 1.165) is 10.0 Å².